The molecule has 0 N–H and O–H groups in total. The van der Waals surface area contributed by atoms with Crippen LogP contribution in [0.1, 0.15) is 13.3 Å². The lowest BCUT2D eigenvalue weighted by molar-refractivity contribution is -0.150. The van der Waals surface area contributed by atoms with Crippen molar-refractivity contribution < 1.29 is 13.7 Å². The fourth-order valence-electron chi connectivity index (χ4n) is 1.25. The summed E-state index contributed by atoms with van der Waals surface area (Å²) >= 11 is 0. The van der Waals surface area contributed by atoms with Crippen molar-refractivity contribution in [2.75, 3.05) is 18.6 Å². The maximum atomic E-state index is 11.1. The minimum absolute atomic E-state index is 0.233. The molecule has 1 fully saturated rings. The second-order valence-corrected chi connectivity index (χ2v) is 4.67. The van der Waals surface area contributed by atoms with Crippen LogP contribution < -0.4 is 0 Å². The van der Waals surface area contributed by atoms with E-state index in [1.807, 2.05) is 6.92 Å². The second-order valence-electron chi connectivity index (χ2n) is 3.09. The van der Waals surface area contributed by atoms with Crippen molar-refractivity contribution in [3.8, 4) is 0 Å². The van der Waals surface area contributed by atoms with Gasteiger partial charge in [0.1, 0.15) is 0 Å². The highest BCUT2D eigenvalue weighted by molar-refractivity contribution is 7.85. The summed E-state index contributed by atoms with van der Waals surface area (Å²) in [5.74, 6) is 0.856. The van der Waals surface area contributed by atoms with Gasteiger partial charge in [-0.2, -0.15) is 0 Å². The Morgan fingerprint density at radius 1 is 1.64 bits per heavy atom. The summed E-state index contributed by atoms with van der Waals surface area (Å²) in [5.41, 5.74) is -0.486. The minimum atomic E-state index is -0.815. The van der Waals surface area contributed by atoms with E-state index in [2.05, 4.69) is 4.74 Å². The number of rotatable bonds is 1. The van der Waals surface area contributed by atoms with Gasteiger partial charge in [0.25, 0.3) is 0 Å². The molecule has 0 saturated carbocycles. The van der Waals surface area contributed by atoms with Crippen LogP contribution >= 0.6 is 0 Å². The molecule has 64 valence electrons. The molecule has 1 heterocycles. The Balaban J connectivity index is 2.69. The first-order valence-corrected chi connectivity index (χ1v) is 5.01. The van der Waals surface area contributed by atoms with Crippen LogP contribution in [0.25, 0.3) is 0 Å². The van der Waals surface area contributed by atoms with Gasteiger partial charge in [0, 0.05) is 22.3 Å². The zero-order chi connectivity index (χ0) is 8.48. The van der Waals surface area contributed by atoms with E-state index in [4.69, 9.17) is 0 Å². The summed E-state index contributed by atoms with van der Waals surface area (Å²) < 4.78 is 15.6. The van der Waals surface area contributed by atoms with Crippen LogP contribution in [0.2, 0.25) is 0 Å². The Kier molecular flexibility index (Phi) is 2.32. The third-order valence-corrected chi connectivity index (χ3v) is 3.66. The molecule has 2 unspecified atom stereocenters. The van der Waals surface area contributed by atoms with Crippen LogP contribution in [-0.4, -0.2) is 28.8 Å². The number of carbonyl (C=O) groups is 1. The summed E-state index contributed by atoms with van der Waals surface area (Å²) in [4.78, 5) is 11.1. The van der Waals surface area contributed by atoms with Crippen molar-refractivity contribution in [3.63, 3.8) is 0 Å². The minimum Gasteiger partial charge on any atom is -0.469 e. The zero-order valence-electron chi connectivity index (χ0n) is 6.75. The molecular weight excluding hydrogens is 164 g/mol. The Hall–Kier alpha value is -0.380. The Morgan fingerprint density at radius 3 is 2.64 bits per heavy atom. The monoisotopic (exact) mass is 176 g/mol. The molecular formula is C7H12O3S. The van der Waals surface area contributed by atoms with Crippen LogP contribution in [0, 0.1) is 5.41 Å². The molecule has 11 heavy (non-hydrogen) atoms. The standard InChI is InChI=1S/C7H12O3S/c1-7(6(8)10-2)3-4-11(9)5-7/h3-5H2,1-2H3. The van der Waals surface area contributed by atoms with Crippen LogP contribution in [0.15, 0.2) is 0 Å². The van der Waals surface area contributed by atoms with E-state index in [0.717, 1.165) is 0 Å². The van der Waals surface area contributed by atoms with Gasteiger partial charge >= 0.3 is 5.97 Å². The van der Waals surface area contributed by atoms with E-state index in [1.54, 1.807) is 0 Å². The normalized spacial score (nSPS) is 37.1. The smallest absolute Gasteiger partial charge is 0.312 e. The second kappa shape index (κ2) is 2.93. The average molecular weight is 176 g/mol. The van der Waals surface area contributed by atoms with E-state index in [1.165, 1.54) is 7.11 Å². The maximum Gasteiger partial charge on any atom is 0.312 e. The Labute approximate surface area is 68.6 Å². The fourth-order valence-corrected chi connectivity index (χ4v) is 3.04. The highest BCUT2D eigenvalue weighted by Crippen LogP contribution is 2.30. The van der Waals surface area contributed by atoms with Gasteiger partial charge < -0.3 is 4.74 Å². The molecule has 3 nitrogen and oxygen atoms in total. The van der Waals surface area contributed by atoms with E-state index in [0.29, 0.717) is 17.9 Å². The highest BCUT2D eigenvalue weighted by atomic mass is 32.2. The van der Waals surface area contributed by atoms with Gasteiger partial charge in [-0.05, 0) is 13.3 Å². The molecule has 4 heteroatoms. The molecule has 1 rings (SSSR count). The molecule has 1 saturated heterocycles. The molecule has 1 aliphatic rings. The first kappa shape index (κ1) is 8.71. The molecule has 1 aliphatic heterocycles. The van der Waals surface area contributed by atoms with Gasteiger partial charge in [0.05, 0.1) is 12.5 Å². The van der Waals surface area contributed by atoms with Crippen molar-refractivity contribution in [2.24, 2.45) is 5.41 Å². The Bertz CT molecular complexity index is 202. The van der Waals surface area contributed by atoms with Gasteiger partial charge in [-0.3, -0.25) is 9.00 Å². The molecule has 0 spiro atoms. The van der Waals surface area contributed by atoms with Gasteiger partial charge in [-0.15, -0.1) is 0 Å². The zero-order valence-corrected chi connectivity index (χ0v) is 7.57. The first-order chi connectivity index (χ1) is 5.08. The summed E-state index contributed by atoms with van der Waals surface area (Å²) in [6, 6.07) is 0. The first-order valence-electron chi connectivity index (χ1n) is 3.52. The quantitative estimate of drug-likeness (QED) is 0.540. The average Bonchev–Trinajstić information content (AvgIpc) is 2.31. The third-order valence-electron chi connectivity index (χ3n) is 2.04. The maximum absolute atomic E-state index is 11.1. The van der Waals surface area contributed by atoms with E-state index < -0.39 is 16.2 Å². The molecule has 0 aromatic heterocycles. The molecule has 0 aromatic carbocycles. The predicted octanol–water partition coefficient (Wildman–Crippen LogP) is 0.318. The van der Waals surface area contributed by atoms with Gasteiger partial charge in [0.2, 0.25) is 0 Å². The number of methoxy groups -OCH3 is 1. The van der Waals surface area contributed by atoms with Gasteiger partial charge in [0.15, 0.2) is 0 Å². The van der Waals surface area contributed by atoms with Crippen molar-refractivity contribution in [3.05, 3.63) is 0 Å². The molecule has 0 radical (unpaired) electrons. The third kappa shape index (κ3) is 1.61. The van der Waals surface area contributed by atoms with Crippen LogP contribution in [0.4, 0.5) is 0 Å². The SMILES string of the molecule is COC(=O)C1(C)CCS(=O)C1. The summed E-state index contributed by atoms with van der Waals surface area (Å²) in [6.45, 7) is 1.81. The number of esters is 1. The van der Waals surface area contributed by atoms with Crippen LogP contribution in [0.3, 0.4) is 0 Å². The van der Waals surface area contributed by atoms with Crippen LogP contribution in [-0.2, 0) is 20.3 Å². The van der Waals surface area contributed by atoms with E-state index >= 15 is 0 Å². The lowest BCUT2D eigenvalue weighted by Crippen LogP contribution is -2.29. The Morgan fingerprint density at radius 2 is 2.27 bits per heavy atom. The van der Waals surface area contributed by atoms with Crippen molar-refractivity contribution >= 4 is 16.8 Å². The summed E-state index contributed by atoms with van der Waals surface area (Å²) in [7, 11) is 0.555. The number of hydrogen-bond donors (Lipinski definition) is 0. The highest BCUT2D eigenvalue weighted by Gasteiger charge is 2.40. The number of hydrogen-bond acceptors (Lipinski definition) is 3. The van der Waals surface area contributed by atoms with Crippen molar-refractivity contribution in [1.29, 1.82) is 0 Å². The molecule has 0 bridgehead atoms. The topological polar surface area (TPSA) is 43.4 Å². The fraction of sp³-hybridized carbons (Fsp3) is 0.857. The van der Waals surface area contributed by atoms with Crippen molar-refractivity contribution in [2.45, 2.75) is 13.3 Å². The molecule has 2 atom stereocenters. The van der Waals surface area contributed by atoms with Gasteiger partial charge in [-0.25, -0.2) is 0 Å². The van der Waals surface area contributed by atoms with E-state index in [-0.39, 0.29) is 5.97 Å². The van der Waals surface area contributed by atoms with Gasteiger partial charge in [-0.1, -0.05) is 0 Å². The van der Waals surface area contributed by atoms with Crippen molar-refractivity contribution in [1.82, 2.24) is 0 Å². The summed E-state index contributed by atoms with van der Waals surface area (Å²) in [5, 5.41) is 0. The van der Waals surface area contributed by atoms with Crippen LogP contribution in [0.5, 0.6) is 0 Å². The molecule has 0 aliphatic carbocycles. The van der Waals surface area contributed by atoms with E-state index in [9.17, 15) is 9.00 Å². The largest absolute Gasteiger partial charge is 0.469 e. The number of ether oxygens (including phenoxy) is 1. The number of carbonyl (C=O) groups excluding carboxylic acids is 1. The summed E-state index contributed by atoms with van der Waals surface area (Å²) in [6.07, 6.45) is 0.687. The molecule has 0 aromatic rings. The lowest BCUT2D eigenvalue weighted by atomic mass is 9.91. The predicted molar refractivity (Wildman–Crippen MR) is 42.6 cm³/mol. The lowest BCUT2D eigenvalue weighted by Gasteiger charge is -2.17. The molecule has 0 amide bonds.